The van der Waals surface area contributed by atoms with Gasteiger partial charge in [-0.3, -0.25) is 24.8 Å². The number of benzene rings is 1. The van der Waals surface area contributed by atoms with E-state index in [1.165, 1.54) is 52.7 Å². The maximum atomic E-state index is 12.8. The van der Waals surface area contributed by atoms with Gasteiger partial charge < -0.3 is 4.74 Å². The normalized spacial score (nSPS) is 18.7. The van der Waals surface area contributed by atoms with Gasteiger partial charge in [0.15, 0.2) is 5.70 Å². The maximum absolute atomic E-state index is 12.8. The molecular formula is C21H17N3O5S2. The fourth-order valence-corrected chi connectivity index (χ4v) is 5.71. The number of carbonyl (C=O) groups is 2. The summed E-state index contributed by atoms with van der Waals surface area (Å²) in [6, 6.07) is 9.46. The van der Waals surface area contributed by atoms with Gasteiger partial charge in [-0.15, -0.1) is 11.8 Å². The zero-order chi connectivity index (χ0) is 22.0. The van der Waals surface area contributed by atoms with E-state index in [9.17, 15) is 19.7 Å². The molecule has 158 valence electrons. The molecule has 2 aromatic rings. The molecule has 1 atom stereocenters. The fraction of sp³-hybridized carbons (Fsp3) is 0.190. The van der Waals surface area contributed by atoms with Crippen molar-refractivity contribution in [3.8, 4) is 0 Å². The minimum atomic E-state index is -0.585. The van der Waals surface area contributed by atoms with Crippen LogP contribution in [-0.2, 0) is 20.9 Å². The number of amides is 1. The molecule has 1 amide bonds. The predicted octanol–water partition coefficient (Wildman–Crippen LogP) is 3.95. The predicted molar refractivity (Wildman–Crippen MR) is 118 cm³/mol. The van der Waals surface area contributed by atoms with Gasteiger partial charge in [-0.25, -0.2) is 4.79 Å². The first-order valence-corrected chi connectivity index (χ1v) is 11.3. The standard InChI is InChI=1S/C21H17N3O5S2/c1-2-30-21-17(20(26)29-12-13-5-7-15(8-6-13)24(27)28)23-18(25)16(19(23)31-21)10-14-4-3-9-22-11-14/h3-11,19H,2,12H2,1H3. The van der Waals surface area contributed by atoms with E-state index in [1.54, 1.807) is 24.5 Å². The number of rotatable bonds is 7. The maximum Gasteiger partial charge on any atom is 0.357 e. The van der Waals surface area contributed by atoms with Crippen LogP contribution >= 0.6 is 23.5 Å². The highest BCUT2D eigenvalue weighted by Gasteiger charge is 2.52. The van der Waals surface area contributed by atoms with E-state index >= 15 is 0 Å². The van der Waals surface area contributed by atoms with Crippen LogP contribution in [-0.4, -0.2) is 37.8 Å². The molecule has 10 heteroatoms. The number of pyridine rings is 1. The Balaban J connectivity index is 1.49. The highest BCUT2D eigenvalue weighted by molar-refractivity contribution is 8.22. The van der Waals surface area contributed by atoms with Gasteiger partial charge in [-0.2, -0.15) is 0 Å². The van der Waals surface area contributed by atoms with Crippen molar-refractivity contribution in [1.82, 2.24) is 9.88 Å². The van der Waals surface area contributed by atoms with Gasteiger partial charge in [0.1, 0.15) is 12.0 Å². The lowest BCUT2D eigenvalue weighted by atomic mass is 10.0. The summed E-state index contributed by atoms with van der Waals surface area (Å²) in [7, 11) is 0. The van der Waals surface area contributed by atoms with Crippen LogP contribution in [0.15, 0.2) is 64.3 Å². The second-order valence-corrected chi connectivity index (χ2v) is 9.22. The first-order chi connectivity index (χ1) is 15.0. The molecule has 0 aliphatic carbocycles. The molecule has 1 aromatic carbocycles. The summed E-state index contributed by atoms with van der Waals surface area (Å²) in [6.07, 6.45) is 5.14. The molecule has 0 saturated carbocycles. The molecule has 1 saturated heterocycles. The van der Waals surface area contributed by atoms with Crippen LogP contribution in [0.25, 0.3) is 6.08 Å². The third-order valence-corrected chi connectivity index (χ3v) is 7.09. The van der Waals surface area contributed by atoms with E-state index in [1.807, 2.05) is 13.0 Å². The summed E-state index contributed by atoms with van der Waals surface area (Å²) in [5.41, 5.74) is 2.29. The molecule has 2 aliphatic rings. The highest BCUT2D eigenvalue weighted by Crippen LogP contribution is 2.53. The molecule has 1 fully saturated rings. The number of hydrogen-bond donors (Lipinski definition) is 0. The third-order valence-electron chi connectivity index (χ3n) is 4.61. The number of thioether (sulfide) groups is 2. The lowest BCUT2D eigenvalue weighted by molar-refractivity contribution is -0.384. The number of esters is 1. The van der Waals surface area contributed by atoms with E-state index in [0.29, 0.717) is 11.1 Å². The monoisotopic (exact) mass is 455 g/mol. The van der Waals surface area contributed by atoms with Crippen molar-refractivity contribution in [3.05, 3.63) is 85.5 Å². The number of nitrogens with zero attached hydrogens (tertiary/aromatic N) is 3. The minimum Gasteiger partial charge on any atom is -0.456 e. The van der Waals surface area contributed by atoms with Gasteiger partial charge in [0.25, 0.3) is 11.6 Å². The topological polar surface area (TPSA) is 103 Å². The van der Waals surface area contributed by atoms with Crippen molar-refractivity contribution in [2.45, 2.75) is 18.9 Å². The van der Waals surface area contributed by atoms with E-state index in [0.717, 1.165) is 15.6 Å². The van der Waals surface area contributed by atoms with Crippen molar-refractivity contribution in [3.63, 3.8) is 0 Å². The molecule has 0 bridgehead atoms. The van der Waals surface area contributed by atoms with Crippen molar-refractivity contribution in [1.29, 1.82) is 0 Å². The second kappa shape index (κ2) is 8.94. The minimum absolute atomic E-state index is 0.0337. The molecule has 1 unspecified atom stereocenters. The number of nitro benzene ring substituents is 1. The average Bonchev–Trinajstić information content (AvgIpc) is 3.12. The SMILES string of the molecule is CCSC1=C(C(=O)OCc2ccc([N+](=O)[O-])cc2)N2C(=O)C(=Cc3cccnc3)C2S1. The van der Waals surface area contributed by atoms with Crippen LogP contribution in [0.2, 0.25) is 0 Å². The Kier molecular flexibility index (Phi) is 6.10. The van der Waals surface area contributed by atoms with Crippen LogP contribution in [0.3, 0.4) is 0 Å². The Morgan fingerprint density at radius 3 is 2.77 bits per heavy atom. The number of aromatic nitrogens is 1. The first-order valence-electron chi connectivity index (χ1n) is 9.39. The Morgan fingerprint density at radius 2 is 2.13 bits per heavy atom. The van der Waals surface area contributed by atoms with Crippen LogP contribution < -0.4 is 0 Å². The molecule has 1 aromatic heterocycles. The molecule has 8 nitrogen and oxygen atoms in total. The van der Waals surface area contributed by atoms with Crippen molar-refractivity contribution < 1.29 is 19.2 Å². The number of nitro groups is 1. The van der Waals surface area contributed by atoms with E-state index in [2.05, 4.69) is 4.98 Å². The smallest absolute Gasteiger partial charge is 0.357 e. The van der Waals surface area contributed by atoms with Crippen LogP contribution in [0.4, 0.5) is 5.69 Å². The molecule has 2 aliphatic heterocycles. The van der Waals surface area contributed by atoms with Crippen LogP contribution in [0.5, 0.6) is 0 Å². The molecule has 3 heterocycles. The van der Waals surface area contributed by atoms with Gasteiger partial charge in [0.05, 0.1) is 14.7 Å². The number of fused-ring (bicyclic) bond motifs is 1. The Labute approximate surface area is 186 Å². The lowest BCUT2D eigenvalue weighted by Gasteiger charge is -2.37. The van der Waals surface area contributed by atoms with Gasteiger partial charge in [-0.05, 0) is 41.2 Å². The zero-order valence-electron chi connectivity index (χ0n) is 16.4. The summed E-state index contributed by atoms with van der Waals surface area (Å²) >= 11 is 2.96. The Bertz CT molecular complexity index is 1100. The van der Waals surface area contributed by atoms with E-state index in [-0.39, 0.29) is 29.3 Å². The summed E-state index contributed by atoms with van der Waals surface area (Å²) in [5.74, 6) is -0.0638. The highest BCUT2D eigenvalue weighted by atomic mass is 32.2. The van der Waals surface area contributed by atoms with Gasteiger partial charge in [0.2, 0.25) is 0 Å². The van der Waals surface area contributed by atoms with Crippen LogP contribution in [0.1, 0.15) is 18.1 Å². The van der Waals surface area contributed by atoms with E-state index in [4.69, 9.17) is 4.74 Å². The van der Waals surface area contributed by atoms with E-state index < -0.39 is 10.9 Å². The summed E-state index contributed by atoms with van der Waals surface area (Å²) in [6.45, 7) is 1.93. The molecule has 0 spiro atoms. The van der Waals surface area contributed by atoms with Gasteiger partial charge in [0, 0.05) is 24.5 Å². The van der Waals surface area contributed by atoms with Crippen LogP contribution in [0, 0.1) is 10.1 Å². The number of non-ortho nitro benzene ring substituents is 1. The van der Waals surface area contributed by atoms with Crippen molar-refractivity contribution in [2.75, 3.05) is 5.75 Å². The molecule has 0 radical (unpaired) electrons. The fourth-order valence-electron chi connectivity index (χ4n) is 3.13. The number of carbonyl (C=O) groups excluding carboxylic acids is 2. The third kappa shape index (κ3) is 4.21. The number of β-lactam (4-membered cyclic amide) rings is 1. The van der Waals surface area contributed by atoms with Gasteiger partial charge in [-0.1, -0.05) is 24.8 Å². The van der Waals surface area contributed by atoms with Gasteiger partial charge >= 0.3 is 5.97 Å². The number of ether oxygens (including phenoxy) is 1. The summed E-state index contributed by atoms with van der Waals surface area (Å²) < 4.78 is 6.18. The number of hydrogen-bond acceptors (Lipinski definition) is 8. The Morgan fingerprint density at radius 1 is 1.35 bits per heavy atom. The summed E-state index contributed by atoms with van der Waals surface area (Å²) in [5, 5.41) is 10.5. The molecular weight excluding hydrogens is 438 g/mol. The molecule has 31 heavy (non-hydrogen) atoms. The van der Waals surface area contributed by atoms with Crippen molar-refractivity contribution in [2.24, 2.45) is 0 Å². The molecule has 0 N–H and O–H groups in total. The lowest BCUT2D eigenvalue weighted by Crippen LogP contribution is -2.51. The summed E-state index contributed by atoms with van der Waals surface area (Å²) in [4.78, 5) is 41.4. The second-order valence-electron chi connectivity index (χ2n) is 6.60. The molecule has 4 rings (SSSR count). The Hall–Kier alpha value is -3.11. The van der Waals surface area contributed by atoms with Crippen molar-refractivity contribution >= 4 is 47.2 Å². The largest absolute Gasteiger partial charge is 0.456 e. The average molecular weight is 456 g/mol. The quantitative estimate of drug-likeness (QED) is 0.203. The zero-order valence-corrected chi connectivity index (χ0v) is 18.0. The first kappa shape index (κ1) is 21.1.